The van der Waals surface area contributed by atoms with Gasteiger partial charge < -0.3 is 19.8 Å². The molecule has 0 bridgehead atoms. The number of H-pyrrole nitrogens is 1. The zero-order valence-electron chi connectivity index (χ0n) is 13.4. The summed E-state index contributed by atoms with van der Waals surface area (Å²) in [5.41, 5.74) is 0.875. The van der Waals surface area contributed by atoms with Gasteiger partial charge >= 0.3 is 0 Å². The molecule has 1 aromatic carbocycles. The van der Waals surface area contributed by atoms with Crippen LogP contribution in [-0.4, -0.2) is 27.0 Å². The molecular formula is C17H17N3O5. The van der Waals surface area contributed by atoms with E-state index in [0.717, 1.165) is 0 Å². The first-order valence-electron chi connectivity index (χ1n) is 7.73. The number of carbonyl (C=O) groups excluding carboxylic acids is 1. The topological polar surface area (TPSA) is 121 Å². The molecule has 0 aliphatic heterocycles. The minimum Gasteiger partial charge on any atom is -0.467 e. The normalized spacial score (nSPS) is 13.5. The number of fused-ring (bicyclic) bond motifs is 1. The van der Waals surface area contributed by atoms with E-state index in [1.165, 1.54) is 24.6 Å². The molecule has 0 fully saturated rings. The van der Waals surface area contributed by atoms with Gasteiger partial charge in [0.2, 0.25) is 0 Å². The van der Waals surface area contributed by atoms with Gasteiger partial charge in [-0.05, 0) is 25.1 Å². The quantitative estimate of drug-likeness (QED) is 0.469. The second-order valence-corrected chi connectivity index (χ2v) is 5.83. The summed E-state index contributed by atoms with van der Waals surface area (Å²) in [4.78, 5) is 25.8. The molecule has 2 atom stereocenters. The zero-order valence-corrected chi connectivity index (χ0v) is 13.4. The van der Waals surface area contributed by atoms with Crippen LogP contribution in [0.3, 0.4) is 0 Å². The summed E-state index contributed by atoms with van der Waals surface area (Å²) in [5.74, 6) is 0.0645. The van der Waals surface area contributed by atoms with E-state index < -0.39 is 11.0 Å². The largest absolute Gasteiger partial charge is 0.467 e. The first-order chi connectivity index (χ1) is 12.0. The highest BCUT2D eigenvalue weighted by Crippen LogP contribution is 2.24. The molecule has 2 heterocycles. The fraction of sp³-hybridized carbons (Fsp3) is 0.235. The molecule has 8 nitrogen and oxygen atoms in total. The van der Waals surface area contributed by atoms with E-state index in [1.54, 1.807) is 25.1 Å². The van der Waals surface area contributed by atoms with Gasteiger partial charge in [-0.3, -0.25) is 14.9 Å². The van der Waals surface area contributed by atoms with Crippen LogP contribution in [0.25, 0.3) is 10.9 Å². The minimum atomic E-state index is -0.825. The fourth-order valence-electron chi connectivity index (χ4n) is 2.70. The van der Waals surface area contributed by atoms with Crippen LogP contribution < -0.4 is 5.32 Å². The van der Waals surface area contributed by atoms with Crippen LogP contribution >= 0.6 is 0 Å². The molecule has 25 heavy (non-hydrogen) atoms. The van der Waals surface area contributed by atoms with Crippen LogP contribution in [0.2, 0.25) is 0 Å². The van der Waals surface area contributed by atoms with Gasteiger partial charge in [-0.25, -0.2) is 0 Å². The Balaban J connectivity index is 1.73. The van der Waals surface area contributed by atoms with E-state index in [1.807, 2.05) is 0 Å². The summed E-state index contributed by atoms with van der Waals surface area (Å²) in [5, 5.41) is 24.2. The minimum absolute atomic E-state index is 0.0811. The Bertz CT molecular complexity index is 900. The lowest BCUT2D eigenvalue weighted by molar-refractivity contribution is -0.384. The predicted molar refractivity (Wildman–Crippen MR) is 90.2 cm³/mol. The van der Waals surface area contributed by atoms with Crippen LogP contribution in [0.5, 0.6) is 0 Å². The standard InChI is InChI=1S/C17H17N3O5/c1-10(7-15(21)16-3-2-6-25-16)19-17(22)13-9-18-14-5-4-11(20(23)24)8-12(13)14/h2-6,8-10,15,18,21H,7H2,1H3,(H,19,22). The van der Waals surface area contributed by atoms with Crippen molar-refractivity contribution in [2.24, 2.45) is 0 Å². The van der Waals surface area contributed by atoms with Gasteiger partial charge in [-0.15, -0.1) is 0 Å². The first-order valence-corrected chi connectivity index (χ1v) is 7.73. The number of hydrogen-bond acceptors (Lipinski definition) is 5. The Morgan fingerprint density at radius 1 is 1.44 bits per heavy atom. The Morgan fingerprint density at radius 2 is 2.24 bits per heavy atom. The van der Waals surface area contributed by atoms with E-state index in [-0.39, 0.29) is 24.1 Å². The average molecular weight is 343 g/mol. The van der Waals surface area contributed by atoms with Crippen LogP contribution in [0.1, 0.15) is 35.6 Å². The number of furan rings is 1. The lowest BCUT2D eigenvalue weighted by Crippen LogP contribution is -2.33. The predicted octanol–water partition coefficient (Wildman–Crippen LogP) is 2.91. The Morgan fingerprint density at radius 3 is 2.92 bits per heavy atom. The molecule has 2 unspecified atom stereocenters. The van der Waals surface area contributed by atoms with Crippen LogP contribution in [0.4, 0.5) is 5.69 Å². The number of hydrogen-bond donors (Lipinski definition) is 3. The summed E-state index contributed by atoms with van der Waals surface area (Å²) in [6.45, 7) is 1.77. The number of aliphatic hydroxyl groups excluding tert-OH is 1. The van der Waals surface area contributed by atoms with Crippen LogP contribution in [0.15, 0.2) is 47.2 Å². The molecule has 2 aromatic heterocycles. The molecule has 0 spiro atoms. The van der Waals surface area contributed by atoms with E-state index >= 15 is 0 Å². The molecule has 3 rings (SSSR count). The van der Waals surface area contributed by atoms with Crippen molar-refractivity contribution in [3.8, 4) is 0 Å². The number of aromatic amines is 1. The number of benzene rings is 1. The van der Waals surface area contributed by atoms with Crippen molar-refractivity contribution in [1.82, 2.24) is 10.3 Å². The summed E-state index contributed by atoms with van der Waals surface area (Å²) in [6, 6.07) is 7.33. The van der Waals surface area contributed by atoms with Crippen molar-refractivity contribution in [2.45, 2.75) is 25.5 Å². The highest BCUT2D eigenvalue weighted by molar-refractivity contribution is 6.07. The number of amides is 1. The van der Waals surface area contributed by atoms with Gasteiger partial charge in [-0.2, -0.15) is 0 Å². The molecular weight excluding hydrogens is 326 g/mol. The lowest BCUT2D eigenvalue weighted by atomic mass is 10.1. The molecule has 0 radical (unpaired) electrons. The van der Waals surface area contributed by atoms with Gasteiger partial charge in [0.15, 0.2) is 0 Å². The summed E-state index contributed by atoms with van der Waals surface area (Å²) < 4.78 is 5.14. The maximum atomic E-state index is 12.5. The molecule has 0 aliphatic carbocycles. The summed E-state index contributed by atoms with van der Waals surface area (Å²) in [7, 11) is 0. The van der Waals surface area contributed by atoms with Crippen LogP contribution in [0, 0.1) is 10.1 Å². The lowest BCUT2D eigenvalue weighted by Gasteiger charge is -2.16. The van der Waals surface area contributed by atoms with Gasteiger partial charge in [0.1, 0.15) is 11.9 Å². The third kappa shape index (κ3) is 3.53. The molecule has 1 amide bonds. The van der Waals surface area contributed by atoms with Crippen molar-refractivity contribution in [2.75, 3.05) is 0 Å². The third-order valence-corrected chi connectivity index (χ3v) is 3.95. The molecule has 0 saturated carbocycles. The number of aliphatic hydroxyl groups is 1. The van der Waals surface area contributed by atoms with Gasteiger partial charge in [-0.1, -0.05) is 0 Å². The second kappa shape index (κ2) is 6.78. The smallest absolute Gasteiger partial charge is 0.270 e. The van der Waals surface area contributed by atoms with E-state index in [2.05, 4.69) is 10.3 Å². The number of nitrogens with one attached hydrogen (secondary N) is 2. The SMILES string of the molecule is CC(CC(O)c1ccco1)NC(=O)c1c[nH]c2ccc([N+](=O)[O-])cc12. The Labute approximate surface area is 142 Å². The molecule has 0 aliphatic rings. The van der Waals surface area contributed by atoms with E-state index in [0.29, 0.717) is 22.2 Å². The number of nitrogens with zero attached hydrogens (tertiary/aromatic N) is 1. The van der Waals surface area contributed by atoms with Crippen LogP contribution in [-0.2, 0) is 0 Å². The monoisotopic (exact) mass is 343 g/mol. The van der Waals surface area contributed by atoms with Crippen molar-refractivity contribution in [1.29, 1.82) is 0 Å². The van der Waals surface area contributed by atoms with Crippen molar-refractivity contribution < 1.29 is 19.2 Å². The number of rotatable bonds is 6. The number of non-ortho nitro benzene ring substituents is 1. The first kappa shape index (κ1) is 16.7. The molecule has 3 aromatic rings. The van der Waals surface area contributed by atoms with Crippen molar-refractivity contribution >= 4 is 22.5 Å². The van der Waals surface area contributed by atoms with Gasteiger partial charge in [0.25, 0.3) is 11.6 Å². The molecule has 3 N–H and O–H groups in total. The van der Waals surface area contributed by atoms with Gasteiger partial charge in [0.05, 0.1) is 16.7 Å². The molecule has 130 valence electrons. The zero-order chi connectivity index (χ0) is 18.0. The van der Waals surface area contributed by atoms with E-state index in [4.69, 9.17) is 4.42 Å². The molecule has 8 heteroatoms. The third-order valence-electron chi connectivity index (χ3n) is 3.95. The number of aromatic nitrogens is 1. The number of nitro groups is 1. The summed E-state index contributed by atoms with van der Waals surface area (Å²) >= 11 is 0. The van der Waals surface area contributed by atoms with Crippen molar-refractivity contribution in [3.05, 3.63) is 64.2 Å². The Kier molecular flexibility index (Phi) is 4.53. The highest BCUT2D eigenvalue weighted by atomic mass is 16.6. The van der Waals surface area contributed by atoms with Gasteiger partial charge in [0, 0.05) is 41.7 Å². The number of nitro benzene ring substituents is 1. The molecule has 0 saturated heterocycles. The fourth-order valence-corrected chi connectivity index (χ4v) is 2.70. The van der Waals surface area contributed by atoms with Crippen molar-refractivity contribution in [3.63, 3.8) is 0 Å². The number of carbonyl (C=O) groups is 1. The average Bonchev–Trinajstić information content (AvgIpc) is 3.23. The second-order valence-electron chi connectivity index (χ2n) is 5.83. The Hall–Kier alpha value is -3.13. The maximum Gasteiger partial charge on any atom is 0.270 e. The highest BCUT2D eigenvalue weighted by Gasteiger charge is 2.20. The maximum absolute atomic E-state index is 12.5. The van der Waals surface area contributed by atoms with E-state index in [9.17, 15) is 20.0 Å². The summed E-state index contributed by atoms with van der Waals surface area (Å²) in [6.07, 6.45) is 2.44.